The number of rotatable bonds is 10. The lowest BCUT2D eigenvalue weighted by molar-refractivity contribution is -0.129. The van der Waals surface area contributed by atoms with Gasteiger partial charge in [-0.15, -0.1) is 10.5 Å². The molecule has 3 aliphatic rings. The summed E-state index contributed by atoms with van der Waals surface area (Å²) in [5.41, 5.74) is 3.71. The van der Waals surface area contributed by atoms with Gasteiger partial charge in [0.15, 0.2) is 0 Å². The summed E-state index contributed by atoms with van der Waals surface area (Å²) in [5, 5.41) is 15.8. The number of anilines is 1. The lowest BCUT2D eigenvalue weighted by Crippen LogP contribution is -2.39. The van der Waals surface area contributed by atoms with Crippen LogP contribution < -0.4 is 10.1 Å². The molecule has 0 saturated carbocycles. The minimum absolute atomic E-state index is 0.00741. The van der Waals surface area contributed by atoms with Gasteiger partial charge in [-0.25, -0.2) is 4.99 Å². The summed E-state index contributed by atoms with van der Waals surface area (Å²) < 4.78 is 5.88. The Kier molecular flexibility index (Phi) is 8.69. The van der Waals surface area contributed by atoms with Crippen molar-refractivity contribution in [2.75, 3.05) is 24.2 Å². The molecular formula is C32H32ClN5O3S. The zero-order chi connectivity index (χ0) is 28.9. The van der Waals surface area contributed by atoms with Crippen LogP contribution in [0.1, 0.15) is 24.1 Å². The number of aliphatic imine (C=N–C) groups is 1. The Morgan fingerprint density at radius 1 is 1.14 bits per heavy atom. The molecule has 1 saturated heterocycles. The number of aliphatic hydroxyl groups is 1. The first kappa shape index (κ1) is 28.2. The van der Waals surface area contributed by atoms with Crippen molar-refractivity contribution in [2.24, 2.45) is 4.99 Å². The second-order valence-corrected chi connectivity index (χ2v) is 12.5. The highest BCUT2D eigenvalue weighted by Gasteiger charge is 2.31. The van der Waals surface area contributed by atoms with Crippen LogP contribution in [0.25, 0.3) is 0 Å². The maximum atomic E-state index is 13.4. The van der Waals surface area contributed by atoms with Gasteiger partial charge in [0.25, 0.3) is 0 Å². The van der Waals surface area contributed by atoms with E-state index in [-0.39, 0.29) is 18.6 Å². The number of amides is 1. The number of halogens is 1. The molecule has 0 radical (unpaired) electrons. The summed E-state index contributed by atoms with van der Waals surface area (Å²) >= 11 is 6.58. The second-order valence-electron chi connectivity index (χ2n) is 10.2. The van der Waals surface area contributed by atoms with Crippen molar-refractivity contribution in [1.82, 2.24) is 14.8 Å². The quantitative estimate of drug-likeness (QED) is 0.303. The van der Waals surface area contributed by atoms with E-state index in [4.69, 9.17) is 21.3 Å². The maximum absolute atomic E-state index is 13.4. The molecule has 1 fully saturated rings. The minimum Gasteiger partial charge on any atom is -0.486 e. The van der Waals surface area contributed by atoms with Crippen LogP contribution in [0.4, 0.5) is 5.69 Å². The third-order valence-electron chi connectivity index (χ3n) is 7.40. The topological polar surface area (TPSA) is 90.3 Å². The molecule has 1 amide bonds. The molecule has 0 aliphatic carbocycles. The molecule has 6 rings (SSSR count). The Balaban J connectivity index is 1.24. The van der Waals surface area contributed by atoms with Gasteiger partial charge in [-0.05, 0) is 60.2 Å². The van der Waals surface area contributed by atoms with Gasteiger partial charge in [-0.2, -0.15) is 0 Å². The zero-order valence-corrected chi connectivity index (χ0v) is 24.6. The Morgan fingerprint density at radius 3 is 2.79 bits per heavy atom. The van der Waals surface area contributed by atoms with Crippen molar-refractivity contribution in [3.63, 3.8) is 0 Å². The van der Waals surface area contributed by atoms with E-state index >= 15 is 0 Å². The molecular weight excluding hydrogens is 570 g/mol. The Bertz CT molecular complexity index is 1580. The number of pyridine rings is 1. The number of hydrogen-bond donors (Lipinski definition) is 2. The van der Waals surface area contributed by atoms with Crippen molar-refractivity contribution in [3.05, 3.63) is 112 Å². The van der Waals surface area contributed by atoms with Crippen molar-refractivity contribution in [2.45, 2.75) is 32.0 Å². The SMILES string of the molecule is O=C(CS1=C2C(=C(Nc3ccc(OCc4ccccn4)c(Cl)c3)N=CN2Cc2ccccc2)C=C1)N1CCCC1CO. The number of hydrogen-bond acceptors (Lipinski definition) is 7. The van der Waals surface area contributed by atoms with Crippen LogP contribution in [0.5, 0.6) is 5.75 Å². The van der Waals surface area contributed by atoms with Gasteiger partial charge in [0.2, 0.25) is 5.91 Å². The third kappa shape index (κ3) is 6.28. The highest BCUT2D eigenvalue weighted by molar-refractivity contribution is 8.19. The number of aromatic nitrogens is 1. The van der Waals surface area contributed by atoms with Crippen LogP contribution in [0, 0.1) is 0 Å². The van der Waals surface area contributed by atoms with E-state index in [0.717, 1.165) is 40.3 Å². The minimum atomic E-state index is -0.450. The van der Waals surface area contributed by atoms with Gasteiger partial charge >= 0.3 is 0 Å². The summed E-state index contributed by atoms with van der Waals surface area (Å²) in [5.74, 6) is 1.72. The summed E-state index contributed by atoms with van der Waals surface area (Å²) in [6, 6.07) is 21.4. The number of likely N-dealkylation sites (tertiary alicyclic amines) is 1. The molecule has 2 unspecified atom stereocenters. The van der Waals surface area contributed by atoms with Gasteiger partial charge in [0, 0.05) is 30.5 Å². The van der Waals surface area contributed by atoms with Crippen LogP contribution in [0.15, 0.2) is 101 Å². The fraction of sp³-hybridized carbons (Fsp3) is 0.250. The fourth-order valence-corrected chi connectivity index (χ4v) is 7.50. The number of nitrogens with one attached hydrogen (secondary N) is 1. The zero-order valence-electron chi connectivity index (χ0n) is 23.0. The van der Waals surface area contributed by atoms with E-state index in [1.54, 1.807) is 6.20 Å². The van der Waals surface area contributed by atoms with E-state index in [0.29, 0.717) is 42.0 Å². The third-order valence-corrected chi connectivity index (χ3v) is 9.67. The molecule has 0 bridgehead atoms. The van der Waals surface area contributed by atoms with Crippen LogP contribution in [-0.4, -0.2) is 62.1 Å². The molecule has 2 aromatic carbocycles. The van der Waals surface area contributed by atoms with E-state index < -0.39 is 10.5 Å². The average Bonchev–Trinajstić information content (AvgIpc) is 3.67. The molecule has 3 aliphatic heterocycles. The standard InChI is InChI=1S/C32H32ClN5O3S/c33-28-17-24(11-12-29(28)41-20-25-9-4-5-14-34-25)36-31-27-13-16-42(21-30(40)38-15-6-10-26(38)19-39)32(27)37(22-35-31)18-23-7-2-1-3-8-23/h1-5,7-9,11-14,16-17,22,26,36,39H,6,10,15,18-21H2. The predicted molar refractivity (Wildman–Crippen MR) is 170 cm³/mol. The van der Waals surface area contributed by atoms with Gasteiger partial charge in [-0.3, -0.25) is 9.78 Å². The lowest BCUT2D eigenvalue weighted by atomic mass is 10.1. The van der Waals surface area contributed by atoms with E-state index in [9.17, 15) is 9.90 Å². The molecule has 2 atom stereocenters. The van der Waals surface area contributed by atoms with Gasteiger partial charge in [0.1, 0.15) is 18.2 Å². The van der Waals surface area contributed by atoms with E-state index in [2.05, 4.69) is 38.8 Å². The summed E-state index contributed by atoms with van der Waals surface area (Å²) in [6.45, 7) is 1.68. The second kappa shape index (κ2) is 12.9. The number of carbonyl (C=O) groups is 1. The molecule has 0 spiro atoms. The first-order valence-corrected chi connectivity index (χ1v) is 15.8. The van der Waals surface area contributed by atoms with Gasteiger partial charge in [0.05, 0.1) is 40.4 Å². The molecule has 3 aromatic rings. The molecule has 1 aromatic heterocycles. The number of nitrogens with zero attached hydrogens (tertiary/aromatic N) is 4. The molecule has 4 heterocycles. The summed E-state index contributed by atoms with van der Waals surface area (Å²) in [6.07, 6.45) is 7.41. The van der Waals surface area contributed by atoms with Crippen LogP contribution in [0.3, 0.4) is 0 Å². The predicted octanol–water partition coefficient (Wildman–Crippen LogP) is 5.39. The molecule has 10 heteroatoms. The monoisotopic (exact) mass is 601 g/mol. The molecule has 42 heavy (non-hydrogen) atoms. The fourth-order valence-electron chi connectivity index (χ4n) is 5.31. The van der Waals surface area contributed by atoms with Crippen molar-refractivity contribution < 1.29 is 14.6 Å². The normalized spacial score (nSPS) is 19.4. The average molecular weight is 602 g/mol. The lowest BCUT2D eigenvalue weighted by Gasteiger charge is -2.29. The number of ether oxygens (including phenoxy) is 1. The van der Waals surface area contributed by atoms with Crippen molar-refractivity contribution in [1.29, 1.82) is 0 Å². The van der Waals surface area contributed by atoms with Gasteiger partial charge in [-0.1, -0.05) is 48.0 Å². The van der Waals surface area contributed by atoms with Crippen LogP contribution in [-0.2, 0) is 17.9 Å². The van der Waals surface area contributed by atoms with Gasteiger partial charge < -0.3 is 25.0 Å². The number of aliphatic hydroxyl groups excluding tert-OH is 1. The first-order valence-electron chi connectivity index (χ1n) is 13.9. The summed E-state index contributed by atoms with van der Waals surface area (Å²) in [4.78, 5) is 27.5. The van der Waals surface area contributed by atoms with E-state index in [1.807, 2.05) is 65.8 Å². The molecule has 216 valence electrons. The van der Waals surface area contributed by atoms with E-state index in [1.165, 1.54) is 0 Å². The number of benzene rings is 2. The summed E-state index contributed by atoms with van der Waals surface area (Å²) in [7, 11) is -0.450. The largest absolute Gasteiger partial charge is 0.486 e. The van der Waals surface area contributed by atoms with Crippen LogP contribution >= 0.6 is 22.1 Å². The first-order chi connectivity index (χ1) is 20.6. The van der Waals surface area contributed by atoms with Crippen molar-refractivity contribution in [3.8, 4) is 5.75 Å². The Labute approximate surface area is 252 Å². The van der Waals surface area contributed by atoms with Crippen LogP contribution in [0.2, 0.25) is 5.02 Å². The highest BCUT2D eigenvalue weighted by atomic mass is 35.5. The Hall–Kier alpha value is -3.92. The number of fused-ring (bicyclic) bond motifs is 1. The smallest absolute Gasteiger partial charge is 0.232 e. The number of carbonyl (C=O) groups excluding carboxylic acids is 1. The highest BCUT2D eigenvalue weighted by Crippen LogP contribution is 2.37. The maximum Gasteiger partial charge on any atom is 0.232 e. The van der Waals surface area contributed by atoms with Crippen molar-refractivity contribution >= 4 is 45.0 Å². The molecule has 2 N–H and O–H groups in total. The Morgan fingerprint density at radius 2 is 2.00 bits per heavy atom. The molecule has 8 nitrogen and oxygen atoms in total.